The van der Waals surface area contributed by atoms with Gasteiger partial charge in [-0.3, -0.25) is 4.79 Å². The fraction of sp³-hybridized carbons (Fsp3) is 0.316. The number of ether oxygens (including phenoxy) is 2. The van der Waals surface area contributed by atoms with Crippen LogP contribution in [0.4, 0.5) is 5.69 Å². The normalized spacial score (nSPS) is 11.3. The van der Waals surface area contributed by atoms with Gasteiger partial charge < -0.3 is 14.8 Å². The lowest BCUT2D eigenvalue weighted by atomic mass is 10.3. The first-order valence-corrected chi connectivity index (χ1v) is 10.0. The fourth-order valence-electron chi connectivity index (χ4n) is 2.43. The van der Waals surface area contributed by atoms with E-state index < -0.39 is 15.9 Å². The highest BCUT2D eigenvalue weighted by Gasteiger charge is 2.25. The van der Waals surface area contributed by atoms with Crippen LogP contribution in [0.25, 0.3) is 0 Å². The minimum Gasteiger partial charge on any atom is -0.497 e. The molecule has 8 heteroatoms. The molecule has 2 aromatic carbocycles. The highest BCUT2D eigenvalue weighted by atomic mass is 32.2. The Balaban J connectivity index is 2.08. The number of likely N-dealkylation sites (N-methyl/N-ethyl adjacent to an activating group) is 1. The Morgan fingerprint density at radius 3 is 2.11 bits per heavy atom. The van der Waals surface area contributed by atoms with E-state index in [1.54, 1.807) is 50.4 Å². The van der Waals surface area contributed by atoms with Crippen LogP contribution >= 0.6 is 0 Å². The molecular weight excluding hydrogens is 368 g/mol. The van der Waals surface area contributed by atoms with E-state index in [-0.39, 0.29) is 18.0 Å². The zero-order chi connectivity index (χ0) is 19.9. The lowest BCUT2D eigenvalue weighted by Gasteiger charge is -2.20. The van der Waals surface area contributed by atoms with Gasteiger partial charge in [-0.1, -0.05) is 6.92 Å². The van der Waals surface area contributed by atoms with Crippen molar-refractivity contribution in [3.05, 3.63) is 48.5 Å². The maximum Gasteiger partial charge on any atom is 0.243 e. The number of hydrogen-bond donors (Lipinski definition) is 1. The van der Waals surface area contributed by atoms with Crippen molar-refractivity contribution in [2.75, 3.05) is 32.1 Å². The average Bonchev–Trinajstić information content (AvgIpc) is 2.67. The molecule has 2 rings (SSSR count). The number of benzene rings is 2. The van der Waals surface area contributed by atoms with Gasteiger partial charge >= 0.3 is 0 Å². The summed E-state index contributed by atoms with van der Waals surface area (Å²) in [4.78, 5) is 12.4. The quantitative estimate of drug-likeness (QED) is 0.709. The molecule has 0 saturated carbocycles. The summed E-state index contributed by atoms with van der Waals surface area (Å²) in [5.74, 6) is 0.842. The number of methoxy groups -OCH3 is 1. The van der Waals surface area contributed by atoms with E-state index in [1.807, 2.05) is 6.92 Å². The van der Waals surface area contributed by atoms with Gasteiger partial charge in [0.1, 0.15) is 11.5 Å². The SMILES string of the molecule is CCOc1ccc(S(=O)(=O)N(CC)CC(=O)Nc2ccc(OC)cc2)cc1. The molecule has 0 aliphatic rings. The molecule has 1 amide bonds. The van der Waals surface area contributed by atoms with Crippen LogP contribution in [0.5, 0.6) is 11.5 Å². The highest BCUT2D eigenvalue weighted by molar-refractivity contribution is 7.89. The van der Waals surface area contributed by atoms with Crippen LogP contribution in [0.2, 0.25) is 0 Å². The molecule has 7 nitrogen and oxygen atoms in total. The monoisotopic (exact) mass is 392 g/mol. The minimum atomic E-state index is -3.78. The van der Waals surface area contributed by atoms with E-state index >= 15 is 0 Å². The Bertz CT molecular complexity index is 849. The lowest BCUT2D eigenvalue weighted by molar-refractivity contribution is -0.116. The largest absolute Gasteiger partial charge is 0.497 e. The third kappa shape index (κ3) is 5.45. The molecule has 1 N–H and O–H groups in total. The summed E-state index contributed by atoms with van der Waals surface area (Å²) in [6.45, 7) is 3.93. The fourth-order valence-corrected chi connectivity index (χ4v) is 3.83. The molecule has 0 fully saturated rings. The second-order valence-corrected chi connectivity index (χ2v) is 7.55. The van der Waals surface area contributed by atoms with E-state index in [9.17, 15) is 13.2 Å². The first-order valence-electron chi connectivity index (χ1n) is 8.57. The van der Waals surface area contributed by atoms with Crippen molar-refractivity contribution in [2.24, 2.45) is 0 Å². The molecule has 2 aromatic rings. The maximum atomic E-state index is 12.8. The molecular formula is C19H24N2O5S. The smallest absolute Gasteiger partial charge is 0.243 e. The van der Waals surface area contributed by atoms with E-state index in [1.165, 1.54) is 12.1 Å². The molecule has 27 heavy (non-hydrogen) atoms. The van der Waals surface area contributed by atoms with E-state index in [2.05, 4.69) is 5.32 Å². The molecule has 0 heterocycles. The Kier molecular flexibility index (Phi) is 7.20. The van der Waals surface area contributed by atoms with Gasteiger partial charge in [-0.2, -0.15) is 4.31 Å². The van der Waals surface area contributed by atoms with Crippen LogP contribution < -0.4 is 14.8 Å². The Labute approximate surface area is 160 Å². The van der Waals surface area contributed by atoms with Gasteiger partial charge in [0.2, 0.25) is 15.9 Å². The van der Waals surface area contributed by atoms with Crippen molar-refractivity contribution in [3.63, 3.8) is 0 Å². The van der Waals surface area contributed by atoms with Crippen molar-refractivity contribution in [1.29, 1.82) is 0 Å². The molecule has 0 atom stereocenters. The number of nitrogens with zero attached hydrogens (tertiary/aromatic N) is 1. The van der Waals surface area contributed by atoms with Gasteiger partial charge in [-0.15, -0.1) is 0 Å². The van der Waals surface area contributed by atoms with Crippen molar-refractivity contribution in [3.8, 4) is 11.5 Å². The molecule has 146 valence electrons. The Morgan fingerprint density at radius 1 is 1.00 bits per heavy atom. The van der Waals surface area contributed by atoms with Crippen molar-refractivity contribution >= 4 is 21.6 Å². The summed E-state index contributed by atoms with van der Waals surface area (Å²) in [6, 6.07) is 13.0. The molecule has 0 aromatic heterocycles. The number of sulfonamides is 1. The summed E-state index contributed by atoms with van der Waals surface area (Å²) in [5, 5.41) is 2.69. The first kappa shape index (κ1) is 20.7. The molecule has 0 aliphatic carbocycles. The van der Waals surface area contributed by atoms with E-state index in [4.69, 9.17) is 9.47 Å². The Morgan fingerprint density at radius 2 is 1.59 bits per heavy atom. The number of nitrogens with one attached hydrogen (secondary N) is 1. The van der Waals surface area contributed by atoms with Crippen LogP contribution in [0, 0.1) is 0 Å². The third-order valence-corrected chi connectivity index (χ3v) is 5.75. The maximum absolute atomic E-state index is 12.8. The topological polar surface area (TPSA) is 84.9 Å². The predicted molar refractivity (Wildman–Crippen MR) is 104 cm³/mol. The van der Waals surface area contributed by atoms with Crippen molar-refractivity contribution in [2.45, 2.75) is 18.7 Å². The molecule has 0 spiro atoms. The third-order valence-electron chi connectivity index (χ3n) is 3.82. The van der Waals surface area contributed by atoms with E-state index in [0.29, 0.717) is 23.8 Å². The zero-order valence-electron chi connectivity index (χ0n) is 15.6. The van der Waals surface area contributed by atoms with Gasteiger partial charge in [0.25, 0.3) is 0 Å². The molecule has 0 bridgehead atoms. The number of anilines is 1. The lowest BCUT2D eigenvalue weighted by Crippen LogP contribution is -2.37. The summed E-state index contributed by atoms with van der Waals surface area (Å²) in [7, 11) is -2.23. The average molecular weight is 392 g/mol. The van der Waals surface area contributed by atoms with Gasteiger partial charge in [0.05, 0.1) is 25.2 Å². The summed E-state index contributed by atoms with van der Waals surface area (Å²) >= 11 is 0. The van der Waals surface area contributed by atoms with Crippen LogP contribution in [-0.2, 0) is 14.8 Å². The molecule has 0 saturated heterocycles. The van der Waals surface area contributed by atoms with E-state index in [0.717, 1.165) is 4.31 Å². The van der Waals surface area contributed by atoms with Gasteiger partial charge in [-0.05, 0) is 55.5 Å². The minimum absolute atomic E-state index is 0.116. The zero-order valence-corrected chi connectivity index (χ0v) is 16.5. The van der Waals surface area contributed by atoms with Gasteiger partial charge in [-0.25, -0.2) is 8.42 Å². The molecule has 0 unspecified atom stereocenters. The van der Waals surface area contributed by atoms with Crippen LogP contribution in [0.1, 0.15) is 13.8 Å². The van der Waals surface area contributed by atoms with Crippen molar-refractivity contribution in [1.82, 2.24) is 4.31 Å². The number of carbonyl (C=O) groups excluding carboxylic acids is 1. The van der Waals surface area contributed by atoms with Crippen LogP contribution in [-0.4, -0.2) is 45.4 Å². The summed E-state index contributed by atoms with van der Waals surface area (Å²) in [5.41, 5.74) is 0.565. The highest BCUT2D eigenvalue weighted by Crippen LogP contribution is 2.20. The van der Waals surface area contributed by atoms with Crippen LogP contribution in [0.3, 0.4) is 0 Å². The number of rotatable bonds is 9. The molecule has 0 radical (unpaired) electrons. The predicted octanol–water partition coefficient (Wildman–Crippen LogP) is 2.74. The number of amides is 1. The number of hydrogen-bond acceptors (Lipinski definition) is 5. The summed E-state index contributed by atoms with van der Waals surface area (Å²) in [6.07, 6.45) is 0. The second-order valence-electron chi connectivity index (χ2n) is 5.61. The first-order chi connectivity index (χ1) is 12.9. The Hall–Kier alpha value is -2.58. The second kappa shape index (κ2) is 9.38. The molecule has 0 aliphatic heterocycles. The van der Waals surface area contributed by atoms with Crippen LogP contribution in [0.15, 0.2) is 53.4 Å². The van der Waals surface area contributed by atoms with Gasteiger partial charge in [0.15, 0.2) is 0 Å². The summed E-state index contributed by atoms with van der Waals surface area (Å²) < 4.78 is 37.1. The standard InChI is InChI=1S/C19H24N2O5S/c1-4-21(14-19(22)20-15-6-8-16(25-3)9-7-15)27(23,24)18-12-10-17(11-13-18)26-5-2/h6-13H,4-5,14H2,1-3H3,(H,20,22). The number of carbonyl (C=O) groups is 1. The van der Waals surface area contributed by atoms with Crippen molar-refractivity contribution < 1.29 is 22.7 Å². The van der Waals surface area contributed by atoms with Gasteiger partial charge in [0, 0.05) is 12.2 Å².